The van der Waals surface area contributed by atoms with E-state index in [-0.39, 0.29) is 18.0 Å². The fourth-order valence-electron chi connectivity index (χ4n) is 3.23. The molecule has 6 heteroatoms. The summed E-state index contributed by atoms with van der Waals surface area (Å²) in [6.07, 6.45) is 7.32. The molecule has 114 valence electrons. The van der Waals surface area contributed by atoms with Crippen LogP contribution in [0.5, 0.6) is 0 Å². The third-order valence-electron chi connectivity index (χ3n) is 4.34. The molecule has 1 aromatic rings. The van der Waals surface area contributed by atoms with E-state index in [0.717, 1.165) is 31.4 Å². The summed E-state index contributed by atoms with van der Waals surface area (Å²) in [5.74, 6) is -1.26. The number of aromatic nitrogens is 2. The van der Waals surface area contributed by atoms with Crippen LogP contribution in [0.3, 0.4) is 0 Å². The Bertz CT molecular complexity index is 550. The zero-order valence-electron chi connectivity index (χ0n) is 12.2. The highest BCUT2D eigenvalue weighted by atomic mass is 16.4. The van der Waals surface area contributed by atoms with Crippen LogP contribution in [0.4, 0.5) is 0 Å². The van der Waals surface area contributed by atoms with Crippen LogP contribution < -0.4 is 0 Å². The lowest BCUT2D eigenvalue weighted by atomic mass is 9.85. The van der Waals surface area contributed by atoms with Gasteiger partial charge in [-0.3, -0.25) is 14.3 Å². The van der Waals surface area contributed by atoms with E-state index < -0.39 is 11.9 Å². The summed E-state index contributed by atoms with van der Waals surface area (Å²) in [5, 5.41) is 13.8. The summed E-state index contributed by atoms with van der Waals surface area (Å²) in [5.41, 5.74) is 0.857. The summed E-state index contributed by atoms with van der Waals surface area (Å²) in [6, 6.07) is -0.138. The molecule has 1 aliphatic carbocycles. The van der Waals surface area contributed by atoms with Crippen molar-refractivity contribution in [2.45, 2.75) is 57.7 Å². The predicted molar refractivity (Wildman–Crippen MR) is 75.5 cm³/mol. The minimum atomic E-state index is -0.818. The Morgan fingerprint density at radius 3 is 2.81 bits per heavy atom. The Labute approximate surface area is 123 Å². The van der Waals surface area contributed by atoms with Gasteiger partial charge in [0.2, 0.25) is 5.91 Å². The molecule has 1 N–H and O–H groups in total. The molecule has 21 heavy (non-hydrogen) atoms. The Kier molecular flexibility index (Phi) is 3.69. The van der Waals surface area contributed by atoms with Gasteiger partial charge in [-0.2, -0.15) is 5.10 Å². The molecule has 2 fully saturated rings. The summed E-state index contributed by atoms with van der Waals surface area (Å²) < 4.78 is 1.83. The Hall–Kier alpha value is -1.85. The number of hydrogen-bond acceptors (Lipinski definition) is 3. The Balaban J connectivity index is 1.93. The first-order valence-electron chi connectivity index (χ1n) is 7.68. The van der Waals surface area contributed by atoms with Crippen LogP contribution >= 0.6 is 0 Å². The second-order valence-corrected chi connectivity index (χ2v) is 6.00. The highest BCUT2D eigenvalue weighted by Gasteiger charge is 2.46. The quantitative estimate of drug-likeness (QED) is 0.898. The molecule has 1 amide bonds. The summed E-state index contributed by atoms with van der Waals surface area (Å²) in [4.78, 5) is 25.7. The molecular formula is C15H21N3O3. The van der Waals surface area contributed by atoms with Gasteiger partial charge in [-0.15, -0.1) is 0 Å². The molecule has 1 saturated carbocycles. The Morgan fingerprint density at radius 2 is 2.19 bits per heavy atom. The first-order chi connectivity index (χ1) is 10.1. The van der Waals surface area contributed by atoms with Gasteiger partial charge in [0.1, 0.15) is 0 Å². The molecule has 2 aliphatic rings. The number of nitrogens with zero attached hydrogens (tertiary/aromatic N) is 3. The van der Waals surface area contributed by atoms with Gasteiger partial charge in [0.15, 0.2) is 0 Å². The van der Waals surface area contributed by atoms with Crippen LogP contribution in [-0.4, -0.2) is 37.7 Å². The SMILES string of the molecule is CCCn1cc(C2C(C(=O)O)CCC(=O)N2C2CC2)cn1. The number of aryl methyl sites for hydroxylation is 1. The highest BCUT2D eigenvalue weighted by Crippen LogP contribution is 2.43. The second kappa shape index (κ2) is 5.50. The standard InChI is InChI=1S/C15H21N3O3/c1-2-7-17-9-10(8-16-17)14-12(15(20)21)5-6-13(19)18(14)11-3-4-11/h8-9,11-12,14H,2-7H2,1H3,(H,20,21). The molecule has 2 unspecified atom stereocenters. The third kappa shape index (κ3) is 2.66. The fourth-order valence-corrected chi connectivity index (χ4v) is 3.23. The van der Waals surface area contributed by atoms with Crippen LogP contribution in [0, 0.1) is 5.92 Å². The number of hydrogen-bond donors (Lipinski definition) is 1. The third-order valence-corrected chi connectivity index (χ3v) is 4.34. The van der Waals surface area contributed by atoms with Crippen molar-refractivity contribution < 1.29 is 14.7 Å². The van der Waals surface area contributed by atoms with E-state index in [9.17, 15) is 14.7 Å². The molecule has 0 aromatic carbocycles. The van der Waals surface area contributed by atoms with Gasteiger partial charge < -0.3 is 10.0 Å². The normalized spacial score (nSPS) is 26.1. The van der Waals surface area contributed by atoms with E-state index in [4.69, 9.17) is 0 Å². The second-order valence-electron chi connectivity index (χ2n) is 6.00. The van der Waals surface area contributed by atoms with E-state index in [0.29, 0.717) is 12.8 Å². The number of carboxylic acids is 1. The van der Waals surface area contributed by atoms with Gasteiger partial charge in [0.05, 0.1) is 18.2 Å². The molecule has 3 rings (SSSR count). The van der Waals surface area contributed by atoms with Gasteiger partial charge in [-0.1, -0.05) is 6.92 Å². The van der Waals surface area contributed by atoms with Crippen molar-refractivity contribution in [1.82, 2.24) is 14.7 Å². The smallest absolute Gasteiger partial charge is 0.308 e. The van der Waals surface area contributed by atoms with Crippen molar-refractivity contribution in [2.24, 2.45) is 5.92 Å². The molecule has 1 saturated heterocycles. The van der Waals surface area contributed by atoms with E-state index in [1.807, 2.05) is 15.8 Å². The summed E-state index contributed by atoms with van der Waals surface area (Å²) >= 11 is 0. The van der Waals surface area contributed by atoms with Crippen LogP contribution in [-0.2, 0) is 16.1 Å². The van der Waals surface area contributed by atoms with Gasteiger partial charge in [-0.25, -0.2) is 0 Å². The van der Waals surface area contributed by atoms with Crippen molar-refractivity contribution in [2.75, 3.05) is 0 Å². The molecule has 1 aliphatic heterocycles. The van der Waals surface area contributed by atoms with E-state index in [1.165, 1.54) is 0 Å². The van der Waals surface area contributed by atoms with Crippen molar-refractivity contribution >= 4 is 11.9 Å². The molecule has 6 nitrogen and oxygen atoms in total. The molecular weight excluding hydrogens is 270 g/mol. The average molecular weight is 291 g/mol. The van der Waals surface area contributed by atoms with Gasteiger partial charge >= 0.3 is 5.97 Å². The van der Waals surface area contributed by atoms with E-state index in [1.54, 1.807) is 6.20 Å². The molecule has 2 atom stereocenters. The summed E-state index contributed by atoms with van der Waals surface area (Å²) in [7, 11) is 0. The predicted octanol–water partition coefficient (Wildman–Crippen LogP) is 1.82. The number of piperidine rings is 1. The summed E-state index contributed by atoms with van der Waals surface area (Å²) in [6.45, 7) is 2.88. The van der Waals surface area contributed by atoms with Crippen molar-refractivity contribution in [3.63, 3.8) is 0 Å². The number of aliphatic carboxylic acids is 1. The zero-order chi connectivity index (χ0) is 15.0. The number of likely N-dealkylation sites (tertiary alicyclic amines) is 1. The maximum atomic E-state index is 12.3. The van der Waals surface area contributed by atoms with Crippen molar-refractivity contribution in [3.8, 4) is 0 Å². The average Bonchev–Trinajstić information content (AvgIpc) is 3.18. The van der Waals surface area contributed by atoms with Gasteiger partial charge in [0, 0.05) is 30.8 Å². The zero-order valence-corrected chi connectivity index (χ0v) is 12.2. The molecule has 0 radical (unpaired) electrons. The van der Waals surface area contributed by atoms with E-state index in [2.05, 4.69) is 12.0 Å². The van der Waals surface area contributed by atoms with Crippen LogP contribution in [0.2, 0.25) is 0 Å². The van der Waals surface area contributed by atoms with Crippen LogP contribution in [0.15, 0.2) is 12.4 Å². The molecule has 0 spiro atoms. The largest absolute Gasteiger partial charge is 0.481 e. The van der Waals surface area contributed by atoms with Crippen molar-refractivity contribution in [1.29, 1.82) is 0 Å². The molecule has 1 aromatic heterocycles. The minimum Gasteiger partial charge on any atom is -0.481 e. The van der Waals surface area contributed by atoms with Gasteiger partial charge in [-0.05, 0) is 25.7 Å². The van der Waals surface area contributed by atoms with Crippen LogP contribution in [0.25, 0.3) is 0 Å². The number of amides is 1. The topological polar surface area (TPSA) is 75.4 Å². The lowest BCUT2D eigenvalue weighted by Crippen LogP contribution is -2.46. The fraction of sp³-hybridized carbons (Fsp3) is 0.667. The molecule has 0 bridgehead atoms. The monoisotopic (exact) mass is 291 g/mol. The lowest BCUT2D eigenvalue weighted by Gasteiger charge is -2.39. The minimum absolute atomic E-state index is 0.0863. The van der Waals surface area contributed by atoms with Gasteiger partial charge in [0.25, 0.3) is 0 Å². The highest BCUT2D eigenvalue weighted by molar-refractivity contribution is 5.82. The maximum absolute atomic E-state index is 12.3. The number of rotatable bonds is 5. The maximum Gasteiger partial charge on any atom is 0.308 e. The van der Waals surface area contributed by atoms with E-state index >= 15 is 0 Å². The number of carbonyl (C=O) groups excluding carboxylic acids is 1. The Morgan fingerprint density at radius 1 is 1.43 bits per heavy atom. The molecule has 2 heterocycles. The number of carboxylic acid groups (broad SMARTS) is 1. The van der Waals surface area contributed by atoms with Crippen LogP contribution in [0.1, 0.15) is 50.6 Å². The lowest BCUT2D eigenvalue weighted by molar-refractivity contribution is -0.152. The first-order valence-corrected chi connectivity index (χ1v) is 7.68. The van der Waals surface area contributed by atoms with Crippen molar-refractivity contribution in [3.05, 3.63) is 18.0 Å². The first kappa shape index (κ1) is 14.1. The number of carbonyl (C=O) groups is 2.